The highest BCUT2D eigenvalue weighted by molar-refractivity contribution is 5.86. The molecule has 1 aliphatic carbocycles. The molecule has 2 saturated heterocycles. The summed E-state index contributed by atoms with van der Waals surface area (Å²) < 4.78 is 5.68. The molecule has 3 fully saturated rings. The minimum Gasteiger partial charge on any atom is -0.368 e. The van der Waals surface area contributed by atoms with Crippen LogP contribution in [0.25, 0.3) is 0 Å². The van der Waals surface area contributed by atoms with E-state index < -0.39 is 5.60 Å². The zero-order valence-electron chi connectivity index (χ0n) is 14.1. The number of amides is 1. The van der Waals surface area contributed by atoms with Gasteiger partial charge in [-0.15, -0.1) is 24.8 Å². The van der Waals surface area contributed by atoms with Gasteiger partial charge in [0, 0.05) is 39.3 Å². The number of nitrogens with one attached hydrogen (secondary N) is 1. The van der Waals surface area contributed by atoms with Crippen molar-refractivity contribution in [3.63, 3.8) is 0 Å². The van der Waals surface area contributed by atoms with Gasteiger partial charge in [0.1, 0.15) is 5.60 Å². The summed E-state index contributed by atoms with van der Waals surface area (Å²) in [7, 11) is 1.69. The number of rotatable bonds is 3. The van der Waals surface area contributed by atoms with Gasteiger partial charge in [0.2, 0.25) is 0 Å². The molecular weight excluding hydrogens is 337 g/mol. The second kappa shape index (κ2) is 9.42. The van der Waals surface area contributed by atoms with Gasteiger partial charge in [-0.3, -0.25) is 9.69 Å². The lowest BCUT2D eigenvalue weighted by Crippen LogP contribution is -2.60. The first kappa shape index (κ1) is 21.0. The Labute approximate surface area is 152 Å². The van der Waals surface area contributed by atoms with Crippen LogP contribution < -0.4 is 5.32 Å². The van der Waals surface area contributed by atoms with Crippen LogP contribution in [0.3, 0.4) is 0 Å². The fraction of sp³-hybridized carbons (Fsp3) is 0.938. The Morgan fingerprint density at radius 3 is 2.13 bits per heavy atom. The topological polar surface area (TPSA) is 44.8 Å². The summed E-state index contributed by atoms with van der Waals surface area (Å²) >= 11 is 0. The Bertz CT molecular complexity index is 364. The number of nitrogens with zero attached hydrogens (tertiary/aromatic N) is 2. The molecule has 0 bridgehead atoms. The molecule has 0 aromatic heterocycles. The first-order chi connectivity index (χ1) is 10.2. The monoisotopic (exact) mass is 367 g/mol. The maximum atomic E-state index is 12.9. The van der Waals surface area contributed by atoms with Crippen molar-refractivity contribution in [2.45, 2.75) is 50.2 Å². The second-order valence-corrected chi connectivity index (χ2v) is 6.71. The summed E-state index contributed by atoms with van der Waals surface area (Å²) in [6.07, 6.45) is 7.05. The molecule has 136 valence electrons. The zero-order valence-corrected chi connectivity index (χ0v) is 15.7. The highest BCUT2D eigenvalue weighted by atomic mass is 35.5. The van der Waals surface area contributed by atoms with Crippen molar-refractivity contribution in [2.75, 3.05) is 46.4 Å². The SMILES string of the molecule is COC1(C(=O)N2CCN(C3CCCC3)CC2)CCNCC1.Cl.Cl. The van der Waals surface area contributed by atoms with E-state index in [1.165, 1.54) is 25.7 Å². The van der Waals surface area contributed by atoms with Crippen molar-refractivity contribution in [3.05, 3.63) is 0 Å². The van der Waals surface area contributed by atoms with Crippen LogP contribution in [0.5, 0.6) is 0 Å². The molecule has 0 unspecified atom stereocenters. The lowest BCUT2D eigenvalue weighted by atomic mass is 9.90. The van der Waals surface area contributed by atoms with Crippen LogP contribution >= 0.6 is 24.8 Å². The summed E-state index contributed by atoms with van der Waals surface area (Å²) in [5.41, 5.74) is -0.569. The van der Waals surface area contributed by atoms with Gasteiger partial charge >= 0.3 is 0 Å². The summed E-state index contributed by atoms with van der Waals surface area (Å²) in [4.78, 5) is 17.5. The smallest absolute Gasteiger partial charge is 0.254 e. The molecule has 1 saturated carbocycles. The normalized spacial score (nSPS) is 25.5. The van der Waals surface area contributed by atoms with Crippen LogP contribution in [0, 0.1) is 0 Å². The van der Waals surface area contributed by atoms with E-state index in [9.17, 15) is 4.79 Å². The lowest BCUT2D eigenvalue weighted by molar-refractivity contribution is -0.160. The molecule has 2 heterocycles. The molecule has 23 heavy (non-hydrogen) atoms. The Balaban J connectivity index is 0.00000132. The fourth-order valence-corrected chi connectivity index (χ4v) is 4.18. The average Bonchev–Trinajstić information content (AvgIpc) is 3.09. The van der Waals surface area contributed by atoms with Gasteiger partial charge in [0.25, 0.3) is 5.91 Å². The first-order valence-electron chi connectivity index (χ1n) is 8.54. The van der Waals surface area contributed by atoms with Gasteiger partial charge in [-0.1, -0.05) is 12.8 Å². The number of hydrogen-bond acceptors (Lipinski definition) is 4. The van der Waals surface area contributed by atoms with Gasteiger partial charge < -0.3 is 15.0 Å². The summed E-state index contributed by atoms with van der Waals surface area (Å²) in [6, 6.07) is 0.775. The fourth-order valence-electron chi connectivity index (χ4n) is 4.18. The minimum absolute atomic E-state index is 0. The maximum absolute atomic E-state index is 12.9. The number of piperidine rings is 1. The van der Waals surface area contributed by atoms with Gasteiger partial charge in [-0.2, -0.15) is 0 Å². The lowest BCUT2D eigenvalue weighted by Gasteiger charge is -2.43. The Hall–Kier alpha value is -0.0700. The molecule has 5 nitrogen and oxygen atoms in total. The molecule has 0 aromatic carbocycles. The van der Waals surface area contributed by atoms with Crippen molar-refractivity contribution in [2.24, 2.45) is 0 Å². The second-order valence-electron chi connectivity index (χ2n) is 6.71. The van der Waals surface area contributed by atoms with E-state index in [0.29, 0.717) is 0 Å². The van der Waals surface area contributed by atoms with Crippen LogP contribution in [0.15, 0.2) is 0 Å². The van der Waals surface area contributed by atoms with Crippen LogP contribution in [-0.4, -0.2) is 73.7 Å². The van der Waals surface area contributed by atoms with Crippen LogP contribution in [-0.2, 0) is 9.53 Å². The molecule has 2 aliphatic heterocycles. The molecule has 0 spiro atoms. The van der Waals surface area contributed by atoms with E-state index in [0.717, 1.165) is 58.2 Å². The molecule has 1 N–H and O–H groups in total. The molecular formula is C16H31Cl2N3O2. The quantitative estimate of drug-likeness (QED) is 0.824. The number of hydrogen-bond donors (Lipinski definition) is 1. The predicted molar refractivity (Wildman–Crippen MR) is 96.7 cm³/mol. The van der Waals surface area contributed by atoms with Crippen molar-refractivity contribution in [1.29, 1.82) is 0 Å². The van der Waals surface area contributed by atoms with E-state index in [2.05, 4.69) is 10.2 Å². The van der Waals surface area contributed by atoms with Gasteiger partial charge in [0.15, 0.2) is 0 Å². The highest BCUT2D eigenvalue weighted by Gasteiger charge is 2.43. The third kappa shape index (κ3) is 4.51. The summed E-state index contributed by atoms with van der Waals surface area (Å²) in [5, 5.41) is 3.32. The minimum atomic E-state index is -0.569. The van der Waals surface area contributed by atoms with E-state index in [-0.39, 0.29) is 30.7 Å². The molecule has 3 rings (SSSR count). The number of carbonyl (C=O) groups excluding carboxylic acids is 1. The third-order valence-corrected chi connectivity index (χ3v) is 5.63. The predicted octanol–water partition coefficient (Wildman–Crippen LogP) is 1.69. The van der Waals surface area contributed by atoms with Crippen LogP contribution in [0.1, 0.15) is 38.5 Å². The Morgan fingerprint density at radius 1 is 1.04 bits per heavy atom. The van der Waals surface area contributed by atoms with Gasteiger partial charge in [-0.25, -0.2) is 0 Å². The van der Waals surface area contributed by atoms with Crippen molar-refractivity contribution in [3.8, 4) is 0 Å². The summed E-state index contributed by atoms with van der Waals surface area (Å²) in [5.74, 6) is 0.220. The Morgan fingerprint density at radius 2 is 1.61 bits per heavy atom. The molecule has 0 atom stereocenters. The number of ether oxygens (including phenoxy) is 1. The number of carbonyl (C=O) groups is 1. The standard InChI is InChI=1S/C16H29N3O2.2ClH/c1-21-16(6-8-17-9-7-16)15(20)19-12-10-18(11-13-19)14-4-2-3-5-14;;/h14,17H,2-13H2,1H3;2*1H. The van der Waals surface area contributed by atoms with Crippen molar-refractivity contribution < 1.29 is 9.53 Å². The van der Waals surface area contributed by atoms with Crippen LogP contribution in [0.4, 0.5) is 0 Å². The average molecular weight is 368 g/mol. The van der Waals surface area contributed by atoms with E-state index in [1.54, 1.807) is 7.11 Å². The molecule has 1 amide bonds. The van der Waals surface area contributed by atoms with Crippen molar-refractivity contribution in [1.82, 2.24) is 15.1 Å². The number of piperazine rings is 1. The van der Waals surface area contributed by atoms with Crippen molar-refractivity contribution >= 4 is 30.7 Å². The largest absolute Gasteiger partial charge is 0.368 e. The zero-order chi connectivity index (χ0) is 14.7. The van der Waals surface area contributed by atoms with Gasteiger partial charge in [0.05, 0.1) is 0 Å². The maximum Gasteiger partial charge on any atom is 0.254 e. The molecule has 3 aliphatic rings. The number of halogens is 2. The van der Waals surface area contributed by atoms with E-state index >= 15 is 0 Å². The number of methoxy groups -OCH3 is 1. The van der Waals surface area contributed by atoms with Gasteiger partial charge in [-0.05, 0) is 38.8 Å². The summed E-state index contributed by atoms with van der Waals surface area (Å²) in [6.45, 7) is 5.56. The Kier molecular flexibility index (Phi) is 8.59. The molecule has 0 aromatic rings. The highest BCUT2D eigenvalue weighted by Crippen LogP contribution is 2.28. The van der Waals surface area contributed by atoms with E-state index in [4.69, 9.17) is 4.74 Å². The van der Waals surface area contributed by atoms with E-state index in [1.807, 2.05) is 4.90 Å². The molecule has 0 radical (unpaired) electrons. The third-order valence-electron chi connectivity index (χ3n) is 5.63. The van der Waals surface area contributed by atoms with Crippen LogP contribution in [0.2, 0.25) is 0 Å². The first-order valence-corrected chi connectivity index (χ1v) is 8.54. The molecule has 7 heteroatoms.